The van der Waals surface area contributed by atoms with Crippen LogP contribution in [0.25, 0.3) is 0 Å². The summed E-state index contributed by atoms with van der Waals surface area (Å²) in [5, 5.41) is 0. The molecule has 0 aromatic heterocycles. The van der Waals surface area contributed by atoms with E-state index in [0.29, 0.717) is 0 Å². The lowest BCUT2D eigenvalue weighted by molar-refractivity contribution is -0.113. The van der Waals surface area contributed by atoms with E-state index in [1.54, 1.807) is 0 Å². The van der Waals surface area contributed by atoms with Crippen molar-refractivity contribution >= 4 is 20.6 Å². The molecule has 0 fully saturated rings. The molecule has 0 radical (unpaired) electrons. The summed E-state index contributed by atoms with van der Waals surface area (Å²) in [4.78, 5) is 10.5. The van der Waals surface area contributed by atoms with Crippen LogP contribution < -0.4 is 0 Å². The van der Waals surface area contributed by atoms with E-state index >= 15 is 0 Å². The molecule has 0 heterocycles. The van der Waals surface area contributed by atoms with Gasteiger partial charge in [-0.15, -0.1) is 0 Å². The predicted octanol–water partition coefficient (Wildman–Crippen LogP) is 2.34. The van der Waals surface area contributed by atoms with Crippen LogP contribution in [-0.4, -0.2) is 4.69 Å². The summed E-state index contributed by atoms with van der Waals surface area (Å²) < 4.78 is 0.124. The fourth-order valence-corrected chi connectivity index (χ4v) is 0.775. The number of hydrogen-bond donors (Lipinski definition) is 0. The molecule has 0 rings (SSSR count). The van der Waals surface area contributed by atoms with Gasteiger partial charge in [-0.05, 0) is 22.4 Å². The molecule has 2 heteroatoms. The molecule has 0 N–H and O–H groups in total. The molecular weight excluding hydrogens is 168 g/mol. The topological polar surface area (TPSA) is 17.1 Å². The van der Waals surface area contributed by atoms with Crippen LogP contribution in [0.3, 0.4) is 0 Å². The zero-order valence-corrected chi connectivity index (χ0v) is 6.86. The third-order valence-corrected chi connectivity index (χ3v) is 1.89. The lowest BCUT2D eigenvalue weighted by Crippen LogP contribution is -2.01. The van der Waals surface area contributed by atoms with E-state index in [4.69, 9.17) is 0 Å². The third-order valence-electron chi connectivity index (χ3n) is 1.11. The lowest BCUT2D eigenvalue weighted by Gasteiger charge is -2.00. The molecule has 0 bridgehead atoms. The predicted molar refractivity (Wildman–Crippen MR) is 38.0 cm³/mol. The smallest absolute Gasteiger partial charge is 0.200 e. The van der Waals surface area contributed by atoms with Crippen LogP contribution in [0, 0.1) is 5.92 Å². The molecule has 0 saturated carbocycles. The largest absolute Gasteiger partial charge is 0.286 e. The lowest BCUT2D eigenvalue weighted by atomic mass is 10.1. The van der Waals surface area contributed by atoms with Crippen LogP contribution in [0.5, 0.6) is 0 Å². The Hall–Kier alpha value is 0.150. The Morgan fingerprint density at radius 1 is 1.75 bits per heavy atom. The number of hydrogen-bond acceptors (Lipinski definition) is 1. The van der Waals surface area contributed by atoms with Gasteiger partial charge in [0.15, 0.2) is 0 Å². The SMILES string of the molecule is CCCC(C)C(=O)Br. The van der Waals surface area contributed by atoms with Crippen LogP contribution >= 0.6 is 15.9 Å². The van der Waals surface area contributed by atoms with Crippen molar-refractivity contribution < 1.29 is 4.79 Å². The van der Waals surface area contributed by atoms with Crippen molar-refractivity contribution in [1.29, 1.82) is 0 Å². The summed E-state index contributed by atoms with van der Waals surface area (Å²) in [5.74, 6) is 0.194. The monoisotopic (exact) mass is 178 g/mol. The highest BCUT2D eigenvalue weighted by molar-refractivity contribution is 9.18. The molecular formula is C6H11BrO. The Balaban J connectivity index is 3.32. The highest BCUT2D eigenvalue weighted by atomic mass is 79.9. The molecule has 0 amide bonds. The first-order valence-corrected chi connectivity index (χ1v) is 3.67. The van der Waals surface area contributed by atoms with E-state index in [0.717, 1.165) is 12.8 Å². The molecule has 1 unspecified atom stereocenters. The van der Waals surface area contributed by atoms with E-state index in [2.05, 4.69) is 22.9 Å². The Kier molecular flexibility index (Phi) is 4.15. The normalized spacial score (nSPS) is 13.4. The van der Waals surface area contributed by atoms with Gasteiger partial charge in [-0.25, -0.2) is 0 Å². The maximum Gasteiger partial charge on any atom is 0.200 e. The zero-order valence-electron chi connectivity index (χ0n) is 5.28. The average Bonchev–Trinajstić information content (AvgIpc) is 1.67. The fraction of sp³-hybridized carbons (Fsp3) is 0.833. The first-order valence-electron chi connectivity index (χ1n) is 2.87. The zero-order chi connectivity index (χ0) is 6.57. The van der Waals surface area contributed by atoms with Crippen LogP contribution in [0.15, 0.2) is 0 Å². The van der Waals surface area contributed by atoms with Gasteiger partial charge < -0.3 is 0 Å². The number of rotatable bonds is 3. The fourth-order valence-electron chi connectivity index (χ4n) is 0.546. The van der Waals surface area contributed by atoms with Crippen molar-refractivity contribution in [2.45, 2.75) is 26.7 Å². The van der Waals surface area contributed by atoms with Crippen LogP contribution in [0.4, 0.5) is 0 Å². The molecule has 0 aromatic carbocycles. The second kappa shape index (κ2) is 4.07. The molecule has 0 aliphatic carbocycles. The minimum atomic E-state index is 0.124. The van der Waals surface area contributed by atoms with Crippen molar-refractivity contribution in [1.82, 2.24) is 0 Å². The summed E-state index contributed by atoms with van der Waals surface area (Å²) in [6.07, 6.45) is 2.07. The molecule has 1 nitrogen and oxygen atoms in total. The summed E-state index contributed by atoms with van der Waals surface area (Å²) in [6.45, 7) is 4.01. The number of halogens is 1. The molecule has 48 valence electrons. The van der Waals surface area contributed by atoms with Gasteiger partial charge in [-0.2, -0.15) is 0 Å². The van der Waals surface area contributed by atoms with Gasteiger partial charge in [0.25, 0.3) is 0 Å². The highest BCUT2D eigenvalue weighted by Crippen LogP contribution is 2.09. The van der Waals surface area contributed by atoms with Crippen molar-refractivity contribution in [3.8, 4) is 0 Å². The van der Waals surface area contributed by atoms with Gasteiger partial charge in [-0.1, -0.05) is 20.3 Å². The van der Waals surface area contributed by atoms with Gasteiger partial charge in [0, 0.05) is 5.92 Å². The highest BCUT2D eigenvalue weighted by Gasteiger charge is 2.05. The standard InChI is InChI=1S/C6H11BrO/c1-3-4-5(2)6(7)8/h5H,3-4H2,1-2H3. The summed E-state index contributed by atoms with van der Waals surface area (Å²) in [7, 11) is 0. The minimum absolute atomic E-state index is 0.124. The summed E-state index contributed by atoms with van der Waals surface area (Å²) >= 11 is 2.90. The number of carbonyl (C=O) groups is 1. The number of carbonyl (C=O) groups excluding carboxylic acids is 1. The van der Waals surface area contributed by atoms with E-state index in [1.807, 2.05) is 6.92 Å². The molecule has 0 spiro atoms. The Morgan fingerprint density at radius 2 is 2.25 bits per heavy atom. The summed E-state index contributed by atoms with van der Waals surface area (Å²) in [6, 6.07) is 0. The van der Waals surface area contributed by atoms with Gasteiger partial charge in [0.2, 0.25) is 4.69 Å². The van der Waals surface area contributed by atoms with Crippen LogP contribution in [0.2, 0.25) is 0 Å². The second-order valence-corrected chi connectivity index (χ2v) is 2.78. The van der Waals surface area contributed by atoms with Gasteiger partial charge in [0.1, 0.15) is 0 Å². The van der Waals surface area contributed by atoms with Crippen LogP contribution in [0.1, 0.15) is 26.7 Å². The van der Waals surface area contributed by atoms with Crippen molar-refractivity contribution in [2.24, 2.45) is 5.92 Å². The van der Waals surface area contributed by atoms with E-state index < -0.39 is 0 Å². The molecule has 0 saturated heterocycles. The third kappa shape index (κ3) is 3.19. The molecule has 0 aliphatic rings. The van der Waals surface area contributed by atoms with Crippen molar-refractivity contribution in [3.05, 3.63) is 0 Å². The Morgan fingerprint density at radius 3 is 2.38 bits per heavy atom. The molecule has 0 aromatic rings. The van der Waals surface area contributed by atoms with E-state index in [-0.39, 0.29) is 10.6 Å². The average molecular weight is 179 g/mol. The first kappa shape index (κ1) is 8.15. The quantitative estimate of drug-likeness (QED) is 0.607. The summed E-state index contributed by atoms with van der Waals surface area (Å²) in [5.41, 5.74) is 0. The van der Waals surface area contributed by atoms with Gasteiger partial charge in [-0.3, -0.25) is 4.79 Å². The van der Waals surface area contributed by atoms with E-state index in [9.17, 15) is 4.79 Å². The van der Waals surface area contributed by atoms with Gasteiger partial charge >= 0.3 is 0 Å². The van der Waals surface area contributed by atoms with Crippen molar-refractivity contribution in [3.63, 3.8) is 0 Å². The Labute approximate surface area is 58.6 Å². The second-order valence-electron chi connectivity index (χ2n) is 1.99. The van der Waals surface area contributed by atoms with E-state index in [1.165, 1.54) is 0 Å². The maximum absolute atomic E-state index is 10.5. The van der Waals surface area contributed by atoms with Crippen molar-refractivity contribution in [2.75, 3.05) is 0 Å². The maximum atomic E-state index is 10.5. The Bertz CT molecular complexity index is 80.6. The molecule has 0 aliphatic heterocycles. The minimum Gasteiger partial charge on any atom is -0.286 e. The van der Waals surface area contributed by atoms with Crippen LogP contribution in [-0.2, 0) is 4.79 Å². The molecule has 1 atom stereocenters. The van der Waals surface area contributed by atoms with Gasteiger partial charge in [0.05, 0.1) is 0 Å². The first-order chi connectivity index (χ1) is 3.68. The molecule has 8 heavy (non-hydrogen) atoms.